The Morgan fingerprint density at radius 3 is 2.62 bits per heavy atom. The Labute approximate surface area is 129 Å². The Morgan fingerprint density at radius 2 is 2.05 bits per heavy atom. The molecule has 2 unspecified atom stereocenters. The van der Waals surface area contributed by atoms with Crippen molar-refractivity contribution in [3.63, 3.8) is 0 Å². The second-order valence-corrected chi connectivity index (χ2v) is 8.00. The lowest BCUT2D eigenvalue weighted by atomic mass is 10.0. The topological polar surface area (TPSA) is 74.7 Å². The van der Waals surface area contributed by atoms with E-state index in [4.69, 9.17) is 16.7 Å². The minimum absolute atomic E-state index is 0.0536. The van der Waals surface area contributed by atoms with Gasteiger partial charge in [0, 0.05) is 23.7 Å². The van der Waals surface area contributed by atoms with E-state index >= 15 is 0 Å². The molecule has 2 atom stereocenters. The summed E-state index contributed by atoms with van der Waals surface area (Å²) in [5.74, 6) is -1.01. The Kier molecular flexibility index (Phi) is 4.91. The molecular weight excluding hydrogens is 314 g/mol. The summed E-state index contributed by atoms with van der Waals surface area (Å²) in [5, 5.41) is 9.64. The quantitative estimate of drug-likeness (QED) is 0.913. The zero-order chi connectivity index (χ0) is 15.6. The molecule has 1 aromatic carbocycles. The fourth-order valence-corrected chi connectivity index (χ4v) is 4.40. The van der Waals surface area contributed by atoms with Crippen LogP contribution in [-0.4, -0.2) is 48.5 Å². The predicted octanol–water partition coefficient (Wildman–Crippen LogP) is 1.97. The van der Waals surface area contributed by atoms with Gasteiger partial charge in [-0.1, -0.05) is 23.7 Å². The number of hydrogen-bond acceptors (Lipinski definition) is 4. The molecule has 1 aliphatic rings. The van der Waals surface area contributed by atoms with E-state index in [0.29, 0.717) is 11.6 Å². The molecule has 0 amide bonds. The first-order valence-electron chi connectivity index (χ1n) is 6.72. The summed E-state index contributed by atoms with van der Waals surface area (Å²) >= 11 is 5.87. The molecule has 0 saturated carbocycles. The van der Waals surface area contributed by atoms with Crippen LogP contribution in [-0.2, 0) is 14.6 Å². The molecule has 0 radical (unpaired) electrons. The van der Waals surface area contributed by atoms with Crippen LogP contribution < -0.4 is 0 Å². The normalized spacial score (nSPS) is 23.6. The van der Waals surface area contributed by atoms with E-state index in [1.807, 2.05) is 24.0 Å². The largest absolute Gasteiger partial charge is 0.481 e. The highest BCUT2D eigenvalue weighted by Gasteiger charge is 2.35. The fraction of sp³-hybridized carbons (Fsp3) is 0.500. The van der Waals surface area contributed by atoms with Crippen LogP contribution in [0.25, 0.3) is 0 Å². The van der Waals surface area contributed by atoms with Crippen LogP contribution in [0, 0.1) is 0 Å². The molecular formula is C14H18ClNO4S. The lowest BCUT2D eigenvalue weighted by Crippen LogP contribution is -2.50. The van der Waals surface area contributed by atoms with Crippen molar-refractivity contribution >= 4 is 27.4 Å². The first kappa shape index (κ1) is 16.3. The third-order valence-electron chi connectivity index (χ3n) is 3.84. The van der Waals surface area contributed by atoms with E-state index < -0.39 is 21.8 Å². The molecule has 0 aliphatic carbocycles. The van der Waals surface area contributed by atoms with Crippen LogP contribution in [0.3, 0.4) is 0 Å². The third-order valence-corrected chi connectivity index (χ3v) is 5.79. The van der Waals surface area contributed by atoms with Crippen molar-refractivity contribution in [2.24, 2.45) is 0 Å². The molecule has 2 rings (SSSR count). The average molecular weight is 332 g/mol. The van der Waals surface area contributed by atoms with Gasteiger partial charge in [-0.15, -0.1) is 0 Å². The van der Waals surface area contributed by atoms with Gasteiger partial charge in [0.25, 0.3) is 0 Å². The monoisotopic (exact) mass is 331 g/mol. The van der Waals surface area contributed by atoms with Gasteiger partial charge in [0.2, 0.25) is 0 Å². The second-order valence-electron chi connectivity index (χ2n) is 5.33. The van der Waals surface area contributed by atoms with Crippen molar-refractivity contribution in [2.75, 3.05) is 18.1 Å². The summed E-state index contributed by atoms with van der Waals surface area (Å²) in [6.45, 7) is 2.31. The van der Waals surface area contributed by atoms with Crippen LogP contribution in [0.4, 0.5) is 0 Å². The fourth-order valence-electron chi connectivity index (χ4n) is 2.72. The van der Waals surface area contributed by atoms with E-state index in [1.165, 1.54) is 0 Å². The van der Waals surface area contributed by atoms with E-state index in [9.17, 15) is 13.2 Å². The van der Waals surface area contributed by atoms with Crippen molar-refractivity contribution in [3.05, 3.63) is 34.9 Å². The second kappa shape index (κ2) is 6.34. The first-order chi connectivity index (χ1) is 9.78. The van der Waals surface area contributed by atoms with Gasteiger partial charge in [0.15, 0.2) is 9.84 Å². The lowest BCUT2D eigenvalue weighted by Gasteiger charge is -2.39. The van der Waals surface area contributed by atoms with Gasteiger partial charge in [-0.3, -0.25) is 9.69 Å². The summed E-state index contributed by atoms with van der Waals surface area (Å²) in [5.41, 5.74) is 0.995. The van der Waals surface area contributed by atoms with Crippen LogP contribution in [0.1, 0.15) is 24.9 Å². The van der Waals surface area contributed by atoms with E-state index in [1.54, 1.807) is 12.1 Å². The number of halogens is 1. The number of carboxylic acid groups (broad SMARTS) is 1. The molecule has 0 aromatic heterocycles. The Bertz CT molecular complexity index is 614. The molecule has 1 N–H and O–H groups in total. The number of carbonyl (C=O) groups is 1. The van der Waals surface area contributed by atoms with Crippen molar-refractivity contribution in [1.82, 2.24) is 4.90 Å². The van der Waals surface area contributed by atoms with Gasteiger partial charge in [0.05, 0.1) is 17.9 Å². The molecule has 1 fully saturated rings. The number of benzene rings is 1. The van der Waals surface area contributed by atoms with Crippen molar-refractivity contribution in [1.29, 1.82) is 0 Å². The minimum Gasteiger partial charge on any atom is -0.481 e. The van der Waals surface area contributed by atoms with Crippen molar-refractivity contribution in [2.45, 2.75) is 25.4 Å². The maximum atomic E-state index is 11.8. The van der Waals surface area contributed by atoms with Crippen LogP contribution in [0.5, 0.6) is 0 Å². The van der Waals surface area contributed by atoms with E-state index in [2.05, 4.69) is 0 Å². The zero-order valence-electron chi connectivity index (χ0n) is 11.7. The highest BCUT2D eigenvalue weighted by atomic mass is 35.5. The van der Waals surface area contributed by atoms with Crippen LogP contribution >= 0.6 is 11.6 Å². The third kappa shape index (κ3) is 4.18. The van der Waals surface area contributed by atoms with Gasteiger partial charge in [0.1, 0.15) is 0 Å². The Morgan fingerprint density at radius 1 is 1.43 bits per heavy atom. The summed E-state index contributed by atoms with van der Waals surface area (Å²) in [7, 11) is -3.16. The summed E-state index contributed by atoms with van der Waals surface area (Å²) in [4.78, 5) is 12.9. The van der Waals surface area contributed by atoms with E-state index in [-0.39, 0.29) is 24.0 Å². The SMILES string of the molecule is CC(c1ccc(Cl)cc1)N1CCS(=O)(=O)CC1CC(=O)O. The molecule has 1 aliphatic heterocycles. The van der Waals surface area contributed by atoms with Crippen LogP contribution in [0.2, 0.25) is 5.02 Å². The summed E-state index contributed by atoms with van der Waals surface area (Å²) < 4.78 is 23.5. The van der Waals surface area contributed by atoms with Gasteiger partial charge in [-0.05, 0) is 24.6 Å². The molecule has 5 nitrogen and oxygen atoms in total. The number of carboxylic acids is 1. The highest BCUT2D eigenvalue weighted by Crippen LogP contribution is 2.28. The number of sulfone groups is 1. The molecule has 0 bridgehead atoms. The average Bonchev–Trinajstić information content (AvgIpc) is 2.37. The summed E-state index contributed by atoms with van der Waals surface area (Å²) in [6, 6.07) is 6.77. The minimum atomic E-state index is -3.16. The first-order valence-corrected chi connectivity index (χ1v) is 8.92. The number of rotatable bonds is 4. The maximum absolute atomic E-state index is 11.8. The standard InChI is InChI=1S/C14H18ClNO4S/c1-10(11-2-4-12(15)5-3-11)16-6-7-21(19,20)9-13(16)8-14(17)18/h2-5,10,13H,6-9H2,1H3,(H,17,18). The summed E-state index contributed by atoms with van der Waals surface area (Å²) in [6.07, 6.45) is -0.169. The van der Waals surface area contributed by atoms with E-state index in [0.717, 1.165) is 5.56 Å². The molecule has 1 saturated heterocycles. The highest BCUT2D eigenvalue weighted by molar-refractivity contribution is 7.91. The molecule has 116 valence electrons. The smallest absolute Gasteiger partial charge is 0.304 e. The Hall–Kier alpha value is -1.11. The maximum Gasteiger partial charge on any atom is 0.304 e. The molecule has 21 heavy (non-hydrogen) atoms. The van der Waals surface area contributed by atoms with Crippen molar-refractivity contribution < 1.29 is 18.3 Å². The zero-order valence-corrected chi connectivity index (χ0v) is 13.3. The van der Waals surface area contributed by atoms with Gasteiger partial charge in [-0.2, -0.15) is 0 Å². The molecule has 0 spiro atoms. The van der Waals surface area contributed by atoms with Gasteiger partial charge < -0.3 is 5.11 Å². The van der Waals surface area contributed by atoms with Gasteiger partial charge in [-0.25, -0.2) is 8.42 Å². The van der Waals surface area contributed by atoms with Crippen LogP contribution in [0.15, 0.2) is 24.3 Å². The van der Waals surface area contributed by atoms with Crippen molar-refractivity contribution in [3.8, 4) is 0 Å². The number of hydrogen-bond donors (Lipinski definition) is 1. The number of aliphatic carboxylic acids is 1. The van der Waals surface area contributed by atoms with Gasteiger partial charge >= 0.3 is 5.97 Å². The molecule has 7 heteroatoms. The Balaban J connectivity index is 2.22. The molecule has 1 heterocycles. The predicted molar refractivity (Wildman–Crippen MR) is 81.3 cm³/mol. The number of nitrogens with zero attached hydrogens (tertiary/aromatic N) is 1. The lowest BCUT2D eigenvalue weighted by molar-refractivity contribution is -0.138. The molecule has 1 aromatic rings.